The molecule has 1 rings (SSSR count). The molecule has 0 unspecified atom stereocenters. The van der Waals surface area contributed by atoms with Crippen LogP contribution >= 0.6 is 0 Å². The summed E-state index contributed by atoms with van der Waals surface area (Å²) in [5.74, 6) is -0.724. The summed E-state index contributed by atoms with van der Waals surface area (Å²) in [5.41, 5.74) is 0.786. The summed E-state index contributed by atoms with van der Waals surface area (Å²) in [7, 11) is 0. The first kappa shape index (κ1) is 16.6. The number of carbonyl (C=O) groups excluding carboxylic acids is 2. The zero-order valence-corrected chi connectivity index (χ0v) is 11.7. The zero-order chi connectivity index (χ0) is 15.5. The number of nitrogens with zero attached hydrogens (tertiary/aromatic N) is 1. The van der Waals surface area contributed by atoms with Gasteiger partial charge in [-0.3, -0.25) is 9.59 Å². The van der Waals surface area contributed by atoms with Crippen LogP contribution in [0, 0.1) is 17.1 Å². The van der Waals surface area contributed by atoms with Gasteiger partial charge in [-0.25, -0.2) is 4.39 Å². The summed E-state index contributed by atoms with van der Waals surface area (Å²) in [5, 5.41) is 13.6. The standard InChI is InChI=1S/C15H18FN3O2/c16-13-4-1-3-12(11-13)5-6-14(20)18-9-2-10-19-15(21)7-8-17/h1,3-4,11H,2,5-7,9-10H2,(H,18,20)(H,19,21). The van der Waals surface area contributed by atoms with E-state index in [4.69, 9.17) is 5.26 Å². The monoisotopic (exact) mass is 291 g/mol. The molecule has 5 nitrogen and oxygen atoms in total. The number of benzene rings is 1. The molecule has 1 aromatic carbocycles. The van der Waals surface area contributed by atoms with Crippen LogP contribution in [0.5, 0.6) is 0 Å². The Morgan fingerprint density at radius 2 is 1.90 bits per heavy atom. The lowest BCUT2D eigenvalue weighted by Gasteiger charge is -2.06. The Morgan fingerprint density at radius 1 is 1.19 bits per heavy atom. The number of carbonyl (C=O) groups is 2. The van der Waals surface area contributed by atoms with Crippen LogP contribution in [0.1, 0.15) is 24.8 Å². The van der Waals surface area contributed by atoms with Crippen LogP contribution in [0.3, 0.4) is 0 Å². The maximum Gasteiger partial charge on any atom is 0.234 e. The Bertz CT molecular complexity index is 526. The zero-order valence-electron chi connectivity index (χ0n) is 11.7. The van der Waals surface area contributed by atoms with E-state index in [1.165, 1.54) is 12.1 Å². The quantitative estimate of drug-likeness (QED) is 0.708. The highest BCUT2D eigenvalue weighted by atomic mass is 19.1. The Labute approximate surface area is 123 Å². The number of rotatable bonds is 8. The lowest BCUT2D eigenvalue weighted by atomic mass is 10.1. The SMILES string of the molecule is N#CCC(=O)NCCCNC(=O)CCc1cccc(F)c1. The second kappa shape index (κ2) is 9.48. The van der Waals surface area contributed by atoms with Crippen LogP contribution in [-0.4, -0.2) is 24.9 Å². The summed E-state index contributed by atoms with van der Waals surface area (Å²) < 4.78 is 12.9. The van der Waals surface area contributed by atoms with Gasteiger partial charge in [-0.15, -0.1) is 0 Å². The van der Waals surface area contributed by atoms with Crippen LogP contribution in [0.4, 0.5) is 4.39 Å². The Morgan fingerprint density at radius 3 is 2.57 bits per heavy atom. The molecule has 0 aromatic heterocycles. The first-order valence-electron chi connectivity index (χ1n) is 6.76. The predicted molar refractivity (Wildman–Crippen MR) is 75.6 cm³/mol. The van der Waals surface area contributed by atoms with Crippen LogP contribution in [0.15, 0.2) is 24.3 Å². The third-order valence-corrected chi connectivity index (χ3v) is 2.77. The van der Waals surface area contributed by atoms with Crippen molar-refractivity contribution in [3.05, 3.63) is 35.6 Å². The Balaban J connectivity index is 2.09. The molecule has 2 amide bonds. The van der Waals surface area contributed by atoms with Crippen LogP contribution < -0.4 is 10.6 Å². The lowest BCUT2D eigenvalue weighted by molar-refractivity contribution is -0.121. The van der Waals surface area contributed by atoms with Crippen molar-refractivity contribution in [2.75, 3.05) is 13.1 Å². The van der Waals surface area contributed by atoms with Gasteiger partial charge in [-0.05, 0) is 30.5 Å². The largest absolute Gasteiger partial charge is 0.356 e. The molecule has 0 spiro atoms. The van der Waals surface area contributed by atoms with Crippen LogP contribution in [0.2, 0.25) is 0 Å². The fourth-order valence-electron chi connectivity index (χ4n) is 1.72. The molecule has 21 heavy (non-hydrogen) atoms. The molecule has 112 valence electrons. The van der Waals surface area contributed by atoms with Gasteiger partial charge in [0, 0.05) is 19.5 Å². The molecule has 0 bridgehead atoms. The van der Waals surface area contributed by atoms with E-state index < -0.39 is 0 Å². The van der Waals surface area contributed by atoms with Crippen molar-refractivity contribution in [1.82, 2.24) is 10.6 Å². The molecule has 0 aliphatic heterocycles. The molecule has 0 heterocycles. The normalized spacial score (nSPS) is 9.71. The second-order valence-electron chi connectivity index (χ2n) is 4.52. The van der Waals surface area contributed by atoms with E-state index >= 15 is 0 Å². The number of hydrogen-bond donors (Lipinski definition) is 2. The molecule has 0 saturated carbocycles. The summed E-state index contributed by atoms with van der Waals surface area (Å²) >= 11 is 0. The van der Waals surface area contributed by atoms with Gasteiger partial charge >= 0.3 is 0 Å². The van der Waals surface area contributed by atoms with Crippen molar-refractivity contribution in [2.24, 2.45) is 0 Å². The van der Waals surface area contributed by atoms with Crippen molar-refractivity contribution >= 4 is 11.8 Å². The van der Waals surface area contributed by atoms with E-state index in [2.05, 4.69) is 10.6 Å². The molecule has 0 aliphatic rings. The van der Waals surface area contributed by atoms with Gasteiger partial charge in [0.2, 0.25) is 11.8 Å². The Kier molecular flexibility index (Phi) is 7.51. The van der Waals surface area contributed by atoms with Gasteiger partial charge in [0.25, 0.3) is 0 Å². The van der Waals surface area contributed by atoms with Crippen molar-refractivity contribution < 1.29 is 14.0 Å². The number of hydrogen-bond acceptors (Lipinski definition) is 3. The minimum atomic E-state index is -0.310. The fourth-order valence-corrected chi connectivity index (χ4v) is 1.72. The van der Waals surface area contributed by atoms with E-state index in [1.807, 2.05) is 0 Å². The van der Waals surface area contributed by atoms with E-state index in [0.29, 0.717) is 32.4 Å². The average Bonchev–Trinajstić information content (AvgIpc) is 2.45. The van der Waals surface area contributed by atoms with Crippen molar-refractivity contribution in [1.29, 1.82) is 5.26 Å². The first-order valence-corrected chi connectivity index (χ1v) is 6.76. The smallest absolute Gasteiger partial charge is 0.234 e. The van der Waals surface area contributed by atoms with E-state index in [1.54, 1.807) is 18.2 Å². The van der Waals surface area contributed by atoms with Gasteiger partial charge in [0.15, 0.2) is 0 Å². The van der Waals surface area contributed by atoms with E-state index in [9.17, 15) is 14.0 Å². The molecule has 2 N–H and O–H groups in total. The average molecular weight is 291 g/mol. The molecule has 0 saturated heterocycles. The molecule has 0 atom stereocenters. The minimum absolute atomic E-state index is 0.109. The minimum Gasteiger partial charge on any atom is -0.356 e. The van der Waals surface area contributed by atoms with Crippen molar-refractivity contribution in [3.63, 3.8) is 0 Å². The van der Waals surface area contributed by atoms with E-state index in [0.717, 1.165) is 5.56 Å². The highest BCUT2D eigenvalue weighted by Crippen LogP contribution is 2.05. The third-order valence-electron chi connectivity index (χ3n) is 2.77. The molecule has 0 fully saturated rings. The molecule has 0 aliphatic carbocycles. The maximum absolute atomic E-state index is 12.9. The van der Waals surface area contributed by atoms with Crippen molar-refractivity contribution in [2.45, 2.75) is 25.7 Å². The van der Waals surface area contributed by atoms with Gasteiger partial charge < -0.3 is 10.6 Å². The maximum atomic E-state index is 12.9. The number of aryl methyl sites for hydroxylation is 1. The first-order chi connectivity index (χ1) is 10.1. The summed E-state index contributed by atoms with van der Waals surface area (Å²) in [6.45, 7) is 0.875. The number of nitriles is 1. The summed E-state index contributed by atoms with van der Waals surface area (Å²) in [4.78, 5) is 22.5. The highest BCUT2D eigenvalue weighted by molar-refractivity contribution is 5.78. The van der Waals surface area contributed by atoms with Crippen LogP contribution in [0.25, 0.3) is 0 Å². The van der Waals surface area contributed by atoms with Gasteiger partial charge in [0.1, 0.15) is 12.2 Å². The molecule has 1 aromatic rings. The van der Waals surface area contributed by atoms with Gasteiger partial charge in [0.05, 0.1) is 6.07 Å². The molecular formula is C15H18FN3O2. The number of halogens is 1. The summed E-state index contributed by atoms with van der Waals surface area (Å²) in [6.07, 6.45) is 1.23. The Hall–Kier alpha value is -2.42. The summed E-state index contributed by atoms with van der Waals surface area (Å²) in [6, 6.07) is 7.93. The topological polar surface area (TPSA) is 82.0 Å². The fraction of sp³-hybridized carbons (Fsp3) is 0.400. The van der Waals surface area contributed by atoms with Crippen LogP contribution in [-0.2, 0) is 16.0 Å². The lowest BCUT2D eigenvalue weighted by Crippen LogP contribution is -2.29. The third kappa shape index (κ3) is 7.67. The predicted octanol–water partition coefficient (Wildman–Crippen LogP) is 1.29. The number of nitrogens with one attached hydrogen (secondary N) is 2. The van der Waals surface area contributed by atoms with E-state index in [-0.39, 0.29) is 24.1 Å². The molecular weight excluding hydrogens is 273 g/mol. The van der Waals surface area contributed by atoms with Gasteiger partial charge in [-0.2, -0.15) is 5.26 Å². The van der Waals surface area contributed by atoms with Gasteiger partial charge in [-0.1, -0.05) is 12.1 Å². The molecule has 6 heteroatoms. The highest BCUT2D eigenvalue weighted by Gasteiger charge is 2.03. The molecule has 0 radical (unpaired) electrons. The second-order valence-corrected chi connectivity index (χ2v) is 4.52. The number of amides is 2. The van der Waals surface area contributed by atoms with Crippen molar-refractivity contribution in [3.8, 4) is 6.07 Å².